The number of thioether (sulfide) groups is 1. The number of fused-ring (bicyclic) bond motifs is 1. The van der Waals surface area contributed by atoms with E-state index >= 15 is 0 Å². The predicted molar refractivity (Wildman–Crippen MR) is 155 cm³/mol. The van der Waals surface area contributed by atoms with E-state index in [1.165, 1.54) is 18.4 Å². The molecule has 3 heterocycles. The molecule has 1 aromatic heterocycles. The number of nitrogens with two attached hydrogens (primary N) is 1. The van der Waals surface area contributed by atoms with Crippen LogP contribution in [0, 0.1) is 0 Å². The Kier molecular flexibility index (Phi) is 9.77. The molecule has 2 aliphatic rings. The van der Waals surface area contributed by atoms with E-state index in [4.69, 9.17) is 15.3 Å². The fourth-order valence-electron chi connectivity index (χ4n) is 3.93. The maximum absolute atomic E-state index is 13.3. The number of ether oxygens (including phenoxy) is 1. The summed E-state index contributed by atoms with van der Waals surface area (Å²) in [5.74, 6) is -6.31. The minimum absolute atomic E-state index is 0.0437. The van der Waals surface area contributed by atoms with Gasteiger partial charge >= 0.3 is 11.9 Å². The van der Waals surface area contributed by atoms with Crippen LogP contribution < -0.4 is 21.9 Å². The number of rotatable bonds is 10. The highest BCUT2D eigenvalue weighted by Gasteiger charge is 2.54. The van der Waals surface area contributed by atoms with Gasteiger partial charge in [-0.3, -0.25) is 39.7 Å². The van der Waals surface area contributed by atoms with Crippen molar-refractivity contribution in [3.8, 4) is 11.5 Å². The molecule has 4 amide bonds. The molecular formula is C25H25N7O11S2. The molecule has 0 bridgehead atoms. The number of oxime groups is 1. The fourth-order valence-corrected chi connectivity index (χ4v) is 5.81. The molecule has 20 heteroatoms. The van der Waals surface area contributed by atoms with Crippen LogP contribution in [-0.4, -0.2) is 96.4 Å². The first-order chi connectivity index (χ1) is 21.3. The second-order valence-electron chi connectivity index (χ2n) is 9.30. The van der Waals surface area contributed by atoms with Crippen LogP contribution in [0.3, 0.4) is 0 Å². The lowest BCUT2D eigenvalue weighted by Crippen LogP contribution is -2.71. The Bertz CT molecular complexity index is 1640. The largest absolute Gasteiger partial charge is 0.504 e. The van der Waals surface area contributed by atoms with Crippen molar-refractivity contribution in [1.29, 1.82) is 0 Å². The standard InChI is InChI=1S/C25H25N7O11S2/c1-9(19(36)29-30-20(37)11-3-4-14(34)15(35)5-11)43-31-16(13-8-45-25(26)27-13)21(38)28-17-22(39)32-18(24(40)41)12(6-42-10(2)33)7-44-23(17)32/h3-5,8-9,17,23,34-35H,6-7H2,1-2H3,(H2,26,27)(H,28,38)(H,29,36)(H,30,37)(H,40,41)/b31-16+. The van der Waals surface area contributed by atoms with Gasteiger partial charge in [0.15, 0.2) is 22.3 Å². The van der Waals surface area contributed by atoms with Crippen molar-refractivity contribution in [2.24, 2.45) is 5.16 Å². The number of nitrogen functional groups attached to an aromatic ring is 1. The number of amides is 4. The third kappa shape index (κ3) is 7.24. The highest BCUT2D eigenvalue weighted by molar-refractivity contribution is 8.00. The zero-order valence-electron chi connectivity index (χ0n) is 23.3. The number of β-lactam (4-membered cyclic amide) rings is 1. The molecule has 8 N–H and O–H groups in total. The molecule has 18 nitrogen and oxygen atoms in total. The van der Waals surface area contributed by atoms with Gasteiger partial charge in [-0.05, 0) is 25.1 Å². The summed E-state index contributed by atoms with van der Waals surface area (Å²) in [6.45, 7) is 2.10. The van der Waals surface area contributed by atoms with Gasteiger partial charge in [-0.1, -0.05) is 5.16 Å². The quantitative estimate of drug-likeness (QED) is 0.0529. The number of aromatic hydroxyl groups is 2. The van der Waals surface area contributed by atoms with E-state index in [1.807, 2.05) is 0 Å². The number of phenols is 2. The lowest BCUT2D eigenvalue weighted by atomic mass is 10.0. The maximum Gasteiger partial charge on any atom is 0.352 e. The second-order valence-corrected chi connectivity index (χ2v) is 11.3. The number of hydrogen-bond donors (Lipinski definition) is 7. The Morgan fingerprint density at radius 3 is 2.56 bits per heavy atom. The van der Waals surface area contributed by atoms with Gasteiger partial charge in [-0.25, -0.2) is 9.78 Å². The Hall–Kier alpha value is -5.37. The van der Waals surface area contributed by atoms with E-state index in [1.54, 1.807) is 0 Å². The van der Waals surface area contributed by atoms with E-state index in [-0.39, 0.29) is 40.0 Å². The summed E-state index contributed by atoms with van der Waals surface area (Å²) in [5, 5.41) is 35.5. The minimum Gasteiger partial charge on any atom is -0.504 e. The van der Waals surface area contributed by atoms with E-state index < -0.39 is 70.3 Å². The molecule has 0 saturated carbocycles. The van der Waals surface area contributed by atoms with Crippen LogP contribution in [0.2, 0.25) is 0 Å². The van der Waals surface area contributed by atoms with Crippen LogP contribution in [-0.2, 0) is 33.5 Å². The molecule has 4 rings (SSSR count). The zero-order valence-corrected chi connectivity index (χ0v) is 24.9. The first-order valence-corrected chi connectivity index (χ1v) is 14.6. The van der Waals surface area contributed by atoms with E-state index in [9.17, 15) is 44.1 Å². The highest BCUT2D eigenvalue weighted by atomic mass is 32.2. The average molecular weight is 664 g/mol. The number of carbonyl (C=O) groups is 6. The number of hydrazine groups is 1. The van der Waals surface area contributed by atoms with Gasteiger partial charge in [0.25, 0.3) is 23.6 Å². The van der Waals surface area contributed by atoms with Crippen molar-refractivity contribution in [1.82, 2.24) is 26.1 Å². The Labute approximate surface area is 261 Å². The van der Waals surface area contributed by atoms with Crippen LogP contribution in [0.4, 0.5) is 5.13 Å². The van der Waals surface area contributed by atoms with Crippen LogP contribution in [0.5, 0.6) is 11.5 Å². The number of aromatic nitrogens is 1. The van der Waals surface area contributed by atoms with Gasteiger partial charge in [-0.2, -0.15) is 0 Å². The Balaban J connectivity index is 1.43. The number of phenolic OH excluding ortho intramolecular Hbond substituents is 2. The molecule has 1 aromatic carbocycles. The molecule has 2 aromatic rings. The predicted octanol–water partition coefficient (Wildman–Crippen LogP) is -0.991. The molecular weight excluding hydrogens is 638 g/mol. The van der Waals surface area contributed by atoms with Gasteiger partial charge < -0.3 is 35.9 Å². The zero-order chi connectivity index (χ0) is 33.0. The minimum atomic E-state index is -1.40. The van der Waals surface area contributed by atoms with Crippen molar-refractivity contribution >= 4 is 69.5 Å². The molecule has 0 aliphatic carbocycles. The molecule has 0 radical (unpaired) electrons. The first-order valence-electron chi connectivity index (χ1n) is 12.7. The topological polar surface area (TPSA) is 272 Å². The number of anilines is 1. The van der Waals surface area contributed by atoms with Crippen molar-refractivity contribution < 1.29 is 53.7 Å². The number of carbonyl (C=O) groups excluding carboxylic acids is 5. The summed E-state index contributed by atoms with van der Waals surface area (Å²) in [6, 6.07) is 2.09. The van der Waals surface area contributed by atoms with Crippen LogP contribution in [0.25, 0.3) is 0 Å². The SMILES string of the molecule is CC(=O)OCC1=C(C(=O)O)N2C(=O)C(NC(=O)/C(=N/OC(C)C(=O)NNC(=O)c3ccc(O)c(O)c3)c3csc(N)n3)C2SC1. The number of carboxylic acid groups (broad SMARTS) is 1. The molecule has 45 heavy (non-hydrogen) atoms. The smallest absolute Gasteiger partial charge is 0.352 e. The Morgan fingerprint density at radius 2 is 1.93 bits per heavy atom. The first kappa shape index (κ1) is 32.5. The van der Waals surface area contributed by atoms with Gasteiger partial charge in [0.05, 0.1) is 0 Å². The number of aliphatic carboxylic acids is 1. The normalized spacial score (nSPS) is 18.2. The number of nitrogens with one attached hydrogen (secondary N) is 3. The number of benzene rings is 1. The van der Waals surface area contributed by atoms with Crippen molar-refractivity contribution in [3.63, 3.8) is 0 Å². The highest BCUT2D eigenvalue weighted by Crippen LogP contribution is 2.40. The summed E-state index contributed by atoms with van der Waals surface area (Å²) in [7, 11) is 0. The second kappa shape index (κ2) is 13.5. The summed E-state index contributed by atoms with van der Waals surface area (Å²) >= 11 is 2.12. The number of esters is 1. The number of hydrogen-bond acceptors (Lipinski definition) is 15. The van der Waals surface area contributed by atoms with E-state index in [0.717, 1.165) is 47.1 Å². The number of nitrogens with zero attached hydrogens (tertiary/aromatic N) is 3. The lowest BCUT2D eigenvalue weighted by Gasteiger charge is -2.49. The average Bonchev–Trinajstić information content (AvgIpc) is 3.43. The van der Waals surface area contributed by atoms with E-state index in [0.29, 0.717) is 0 Å². The maximum atomic E-state index is 13.3. The summed E-state index contributed by atoms with van der Waals surface area (Å²) in [4.78, 5) is 84.3. The molecule has 1 fully saturated rings. The molecule has 1 saturated heterocycles. The van der Waals surface area contributed by atoms with Crippen molar-refractivity contribution in [3.05, 3.63) is 46.1 Å². The van der Waals surface area contributed by atoms with Gasteiger partial charge in [0.2, 0.25) is 6.10 Å². The summed E-state index contributed by atoms with van der Waals surface area (Å²) < 4.78 is 4.90. The third-order valence-corrected chi connectivity index (χ3v) is 8.19. The van der Waals surface area contributed by atoms with Gasteiger partial charge in [0.1, 0.15) is 29.4 Å². The summed E-state index contributed by atoms with van der Waals surface area (Å²) in [5.41, 5.74) is 9.17. The van der Waals surface area contributed by atoms with Gasteiger partial charge in [0, 0.05) is 29.2 Å². The third-order valence-electron chi connectivity index (χ3n) is 6.17. The summed E-state index contributed by atoms with van der Waals surface area (Å²) in [6.07, 6.45) is -1.38. The molecule has 238 valence electrons. The number of carboxylic acids is 1. The fraction of sp³-hybridized carbons (Fsp3) is 0.280. The number of thiazole rings is 1. The van der Waals surface area contributed by atoms with Crippen molar-refractivity contribution in [2.45, 2.75) is 31.4 Å². The lowest BCUT2D eigenvalue weighted by molar-refractivity contribution is -0.150. The van der Waals surface area contributed by atoms with Crippen LogP contribution in [0.1, 0.15) is 29.9 Å². The van der Waals surface area contributed by atoms with Crippen LogP contribution in [0.15, 0.2) is 40.0 Å². The molecule has 3 unspecified atom stereocenters. The van der Waals surface area contributed by atoms with Crippen molar-refractivity contribution in [2.75, 3.05) is 18.1 Å². The molecule has 3 atom stereocenters. The Morgan fingerprint density at radius 1 is 1.20 bits per heavy atom. The van der Waals surface area contributed by atoms with Gasteiger partial charge in [-0.15, -0.1) is 23.1 Å². The molecule has 0 spiro atoms. The molecule has 2 aliphatic heterocycles. The monoisotopic (exact) mass is 663 g/mol. The van der Waals surface area contributed by atoms with Crippen LogP contribution >= 0.6 is 23.1 Å². The van der Waals surface area contributed by atoms with E-state index in [2.05, 4.69) is 26.3 Å².